The van der Waals surface area contributed by atoms with Gasteiger partial charge in [0.05, 0.1) is 11.2 Å². The Morgan fingerprint density at radius 2 is 1.82 bits per heavy atom. The number of allylic oxidation sites excluding steroid dienone is 1. The Morgan fingerprint density at radius 1 is 1.29 bits per heavy atom. The van der Waals surface area contributed by atoms with Crippen LogP contribution in [0.4, 0.5) is 0 Å². The minimum atomic E-state index is -0.335. The number of rotatable bonds is 1. The first kappa shape index (κ1) is 12.6. The molecule has 5 heteroatoms. The molecule has 1 unspecified atom stereocenters. The maximum atomic E-state index is 11.6. The second-order valence-corrected chi connectivity index (χ2v) is 5.84. The van der Waals surface area contributed by atoms with E-state index < -0.39 is 0 Å². The van der Waals surface area contributed by atoms with Gasteiger partial charge in [0.2, 0.25) is 5.91 Å². The number of amides is 1. The molecule has 0 spiro atoms. The van der Waals surface area contributed by atoms with Gasteiger partial charge in [0.25, 0.3) is 0 Å². The van der Waals surface area contributed by atoms with E-state index in [1.165, 1.54) is 0 Å². The number of hydrogen-bond donors (Lipinski definition) is 0. The van der Waals surface area contributed by atoms with Crippen molar-refractivity contribution in [3.05, 3.63) is 12.3 Å². The average molecular weight is 237 g/mol. The van der Waals surface area contributed by atoms with Gasteiger partial charge >= 0.3 is 7.12 Å². The van der Waals surface area contributed by atoms with Gasteiger partial charge in [0, 0.05) is 25.5 Å². The van der Waals surface area contributed by atoms with E-state index in [0.29, 0.717) is 6.42 Å². The molecule has 0 aromatic carbocycles. The molecule has 2 aliphatic rings. The molecule has 0 bridgehead atoms. The van der Waals surface area contributed by atoms with Crippen molar-refractivity contribution in [1.82, 2.24) is 4.90 Å². The van der Waals surface area contributed by atoms with Crippen LogP contribution >= 0.6 is 0 Å². The number of nitrogens with zero attached hydrogens (tertiary/aromatic N) is 1. The Hall–Kier alpha value is -0.805. The third kappa shape index (κ3) is 2.14. The van der Waals surface area contributed by atoms with E-state index in [9.17, 15) is 4.79 Å². The van der Waals surface area contributed by atoms with Crippen molar-refractivity contribution in [3.8, 4) is 0 Å². The quantitative estimate of drug-likeness (QED) is 0.653. The summed E-state index contributed by atoms with van der Waals surface area (Å²) in [5.41, 5.74) is -0.671. The Morgan fingerprint density at radius 3 is 2.29 bits per heavy atom. The van der Waals surface area contributed by atoms with E-state index in [2.05, 4.69) is 0 Å². The summed E-state index contributed by atoms with van der Waals surface area (Å²) in [7, 11) is 1.44. The highest BCUT2D eigenvalue weighted by molar-refractivity contribution is 6.48. The summed E-state index contributed by atoms with van der Waals surface area (Å²) in [5, 5.41) is 0. The molecule has 94 valence electrons. The number of hydrogen-bond acceptors (Lipinski definition) is 3. The molecule has 0 saturated carbocycles. The maximum absolute atomic E-state index is 11.6. The van der Waals surface area contributed by atoms with Gasteiger partial charge in [0.15, 0.2) is 0 Å². The Bertz CT molecular complexity index is 349. The fourth-order valence-electron chi connectivity index (χ4n) is 1.99. The lowest BCUT2D eigenvalue weighted by Gasteiger charge is -2.32. The average Bonchev–Trinajstić information content (AvgIpc) is 2.41. The van der Waals surface area contributed by atoms with Crippen LogP contribution < -0.4 is 0 Å². The third-order valence-corrected chi connectivity index (χ3v) is 3.98. The molecule has 0 N–H and O–H groups in total. The molecule has 0 aromatic rings. The predicted molar refractivity (Wildman–Crippen MR) is 66.4 cm³/mol. The van der Waals surface area contributed by atoms with Gasteiger partial charge in [-0.15, -0.1) is 0 Å². The number of carbonyl (C=O) groups is 1. The van der Waals surface area contributed by atoms with Crippen molar-refractivity contribution < 1.29 is 14.1 Å². The molecule has 1 atom stereocenters. The van der Waals surface area contributed by atoms with Crippen LogP contribution in [0.3, 0.4) is 0 Å². The zero-order chi connectivity index (χ0) is 12.8. The van der Waals surface area contributed by atoms with E-state index in [-0.39, 0.29) is 30.0 Å². The molecule has 17 heavy (non-hydrogen) atoms. The zero-order valence-corrected chi connectivity index (χ0v) is 11.2. The normalized spacial score (nSPS) is 31.1. The molecule has 0 aliphatic carbocycles. The largest absolute Gasteiger partial charge is 0.465 e. The molecule has 2 aliphatic heterocycles. The maximum Gasteiger partial charge on any atom is 0.465 e. The van der Waals surface area contributed by atoms with Gasteiger partial charge < -0.3 is 14.2 Å². The second-order valence-electron chi connectivity index (χ2n) is 5.84. The molecule has 0 radical (unpaired) electrons. The minimum absolute atomic E-state index is 0.0137. The van der Waals surface area contributed by atoms with E-state index >= 15 is 0 Å². The van der Waals surface area contributed by atoms with E-state index in [1.54, 1.807) is 18.1 Å². The van der Waals surface area contributed by atoms with Crippen LogP contribution in [0, 0.1) is 0 Å². The van der Waals surface area contributed by atoms with Crippen molar-refractivity contribution in [2.75, 3.05) is 7.05 Å². The van der Waals surface area contributed by atoms with Gasteiger partial charge in [0.1, 0.15) is 0 Å². The van der Waals surface area contributed by atoms with Crippen molar-refractivity contribution in [1.29, 1.82) is 0 Å². The minimum Gasteiger partial charge on any atom is -0.403 e. The van der Waals surface area contributed by atoms with Crippen LogP contribution in [0.15, 0.2) is 12.3 Å². The predicted octanol–water partition coefficient (Wildman–Crippen LogP) is 1.82. The van der Waals surface area contributed by atoms with Gasteiger partial charge in [-0.05, 0) is 27.7 Å². The van der Waals surface area contributed by atoms with Crippen LogP contribution in [0.25, 0.3) is 0 Å². The smallest absolute Gasteiger partial charge is 0.403 e. The fourth-order valence-corrected chi connectivity index (χ4v) is 1.99. The summed E-state index contributed by atoms with van der Waals surface area (Å²) in [6.07, 6.45) is 4.23. The molecule has 4 nitrogen and oxygen atoms in total. The monoisotopic (exact) mass is 237 g/mol. The second kappa shape index (κ2) is 3.85. The van der Waals surface area contributed by atoms with Gasteiger partial charge in [-0.1, -0.05) is 6.08 Å². The summed E-state index contributed by atoms with van der Waals surface area (Å²) in [4.78, 5) is 13.2. The lowest BCUT2D eigenvalue weighted by Crippen LogP contribution is -2.41. The van der Waals surface area contributed by atoms with Crippen LogP contribution in [-0.4, -0.2) is 36.2 Å². The first-order chi connectivity index (χ1) is 7.73. The summed E-state index contributed by atoms with van der Waals surface area (Å²) in [6.45, 7) is 8.09. The molecule has 2 heterocycles. The number of carbonyl (C=O) groups excluding carboxylic acids is 1. The van der Waals surface area contributed by atoms with Crippen LogP contribution in [0.1, 0.15) is 34.1 Å². The molecule has 1 saturated heterocycles. The molecule has 1 fully saturated rings. The van der Waals surface area contributed by atoms with Crippen LogP contribution in [-0.2, 0) is 14.1 Å². The van der Waals surface area contributed by atoms with Gasteiger partial charge in [-0.25, -0.2) is 0 Å². The molecular weight excluding hydrogens is 217 g/mol. The van der Waals surface area contributed by atoms with Gasteiger partial charge in [-0.3, -0.25) is 4.79 Å². The van der Waals surface area contributed by atoms with Crippen molar-refractivity contribution in [2.45, 2.75) is 51.1 Å². The summed E-state index contributed by atoms with van der Waals surface area (Å²) in [5.74, 6) is 0.118. The Balaban J connectivity index is 2.12. The lowest BCUT2D eigenvalue weighted by molar-refractivity contribution is -0.128. The summed E-state index contributed by atoms with van der Waals surface area (Å²) in [6, 6.07) is 0. The topological polar surface area (TPSA) is 38.8 Å². The summed E-state index contributed by atoms with van der Waals surface area (Å²) >= 11 is 0. The lowest BCUT2D eigenvalue weighted by atomic mass is 9.69. The van der Waals surface area contributed by atoms with E-state index in [4.69, 9.17) is 9.31 Å². The molecular formula is C12H20BNO3. The van der Waals surface area contributed by atoms with Crippen molar-refractivity contribution in [3.63, 3.8) is 0 Å². The van der Waals surface area contributed by atoms with E-state index in [0.717, 1.165) is 0 Å². The van der Waals surface area contributed by atoms with E-state index in [1.807, 2.05) is 33.8 Å². The Labute approximate surface area is 103 Å². The highest BCUT2D eigenvalue weighted by Gasteiger charge is 2.53. The van der Waals surface area contributed by atoms with Crippen molar-refractivity contribution in [2.24, 2.45) is 0 Å². The standard InChI is InChI=1S/C12H20BNO3/c1-11(2)12(3,4)17-13(16-11)9-6-7-14(5)10(15)8-9/h6-7,9H,8H2,1-5H3. The first-order valence-electron chi connectivity index (χ1n) is 6.02. The van der Waals surface area contributed by atoms with Crippen LogP contribution in [0.5, 0.6) is 0 Å². The Kier molecular flexibility index (Phi) is 2.87. The molecule has 0 aromatic heterocycles. The fraction of sp³-hybridized carbons (Fsp3) is 0.750. The van der Waals surface area contributed by atoms with Crippen LogP contribution in [0.2, 0.25) is 5.82 Å². The highest BCUT2D eigenvalue weighted by atomic mass is 16.7. The molecule has 2 rings (SSSR count). The third-order valence-electron chi connectivity index (χ3n) is 3.98. The first-order valence-corrected chi connectivity index (χ1v) is 6.02. The molecule has 1 amide bonds. The summed E-state index contributed by atoms with van der Waals surface area (Å²) < 4.78 is 11.9. The highest BCUT2D eigenvalue weighted by Crippen LogP contribution is 2.41. The SMILES string of the molecule is CN1C=CC(B2OC(C)(C)C(C)(C)O2)CC1=O. The van der Waals surface area contributed by atoms with Gasteiger partial charge in [-0.2, -0.15) is 0 Å². The van der Waals surface area contributed by atoms with Crippen molar-refractivity contribution >= 4 is 13.0 Å². The zero-order valence-electron chi connectivity index (χ0n) is 11.2.